The molecule has 0 saturated carbocycles. The van der Waals surface area contributed by atoms with Crippen LogP contribution in [0.25, 0.3) is 0 Å². The van der Waals surface area contributed by atoms with E-state index in [0.29, 0.717) is 25.4 Å². The summed E-state index contributed by atoms with van der Waals surface area (Å²) in [6.07, 6.45) is 1.29. The number of hydrogen-bond acceptors (Lipinski definition) is 3. The molecule has 3 N–H and O–H groups in total. The number of hydrogen-bond donors (Lipinski definition) is 3. The molecule has 0 unspecified atom stereocenters. The Morgan fingerprint density at radius 2 is 2.04 bits per heavy atom. The zero-order valence-electron chi connectivity index (χ0n) is 14.9. The Morgan fingerprint density at radius 3 is 2.71 bits per heavy atom. The summed E-state index contributed by atoms with van der Waals surface area (Å²) in [6.45, 7) is 7.71. The molecule has 1 fully saturated rings. The van der Waals surface area contributed by atoms with Gasteiger partial charge in [-0.1, -0.05) is 44.2 Å². The summed E-state index contributed by atoms with van der Waals surface area (Å²) in [6, 6.07) is 10.0. The van der Waals surface area contributed by atoms with E-state index < -0.39 is 0 Å². The first-order valence-electron chi connectivity index (χ1n) is 8.74. The number of amides is 2. The van der Waals surface area contributed by atoms with E-state index >= 15 is 0 Å². The fraction of sp³-hybridized carbons (Fsp3) is 0.632. The number of aliphatic hydroxyl groups excluding tert-OH is 1. The van der Waals surface area contributed by atoms with Crippen molar-refractivity contribution in [2.24, 2.45) is 11.3 Å². The van der Waals surface area contributed by atoms with Crippen molar-refractivity contribution in [1.29, 1.82) is 0 Å². The monoisotopic (exact) mass is 334 g/mol. The Kier molecular flexibility index (Phi) is 6.63. The topological polar surface area (TPSA) is 70.6 Å². The minimum atomic E-state index is -0.368. The summed E-state index contributed by atoms with van der Waals surface area (Å²) in [4.78, 5) is 12.0. The third-order valence-electron chi connectivity index (χ3n) is 4.44. The highest BCUT2D eigenvalue weighted by atomic mass is 16.5. The van der Waals surface area contributed by atoms with Gasteiger partial charge in [0.25, 0.3) is 0 Å². The summed E-state index contributed by atoms with van der Waals surface area (Å²) < 4.78 is 5.84. The molecular formula is C19H30N2O3. The van der Waals surface area contributed by atoms with Crippen molar-refractivity contribution in [1.82, 2.24) is 10.6 Å². The SMILES string of the molecule is C[C@H](O)CC(C)(C)CNC(=O)NC[C@@H]1CCO[C@@H]1c1ccccc1. The second-order valence-electron chi connectivity index (χ2n) is 7.53. The van der Waals surface area contributed by atoms with Gasteiger partial charge in [0.05, 0.1) is 12.2 Å². The van der Waals surface area contributed by atoms with Crippen LogP contribution in [0.4, 0.5) is 4.79 Å². The van der Waals surface area contributed by atoms with E-state index in [1.54, 1.807) is 6.92 Å². The standard InChI is InChI=1S/C19H30N2O3/c1-14(22)11-19(2,3)13-21-18(23)20-12-16-9-10-24-17(16)15-7-5-4-6-8-15/h4-8,14,16-17,22H,9-13H2,1-3H3,(H2,20,21,23)/t14-,16-,17+/m0/s1. The summed E-state index contributed by atoms with van der Waals surface area (Å²) in [5, 5.41) is 15.4. The van der Waals surface area contributed by atoms with E-state index in [-0.39, 0.29) is 23.7 Å². The van der Waals surface area contributed by atoms with Crippen LogP contribution in [0.3, 0.4) is 0 Å². The van der Waals surface area contributed by atoms with Gasteiger partial charge in [-0.15, -0.1) is 0 Å². The quantitative estimate of drug-likeness (QED) is 0.718. The number of carbonyl (C=O) groups excluding carboxylic acids is 1. The van der Waals surface area contributed by atoms with Gasteiger partial charge in [-0.2, -0.15) is 0 Å². The number of benzene rings is 1. The van der Waals surface area contributed by atoms with Crippen LogP contribution < -0.4 is 10.6 Å². The van der Waals surface area contributed by atoms with Crippen molar-refractivity contribution in [2.45, 2.75) is 45.8 Å². The predicted octanol–water partition coefficient (Wildman–Crippen LogP) is 2.86. The number of ether oxygens (including phenoxy) is 1. The Hall–Kier alpha value is -1.59. The van der Waals surface area contributed by atoms with Gasteiger partial charge in [-0.05, 0) is 30.7 Å². The van der Waals surface area contributed by atoms with Crippen LogP contribution in [-0.2, 0) is 4.74 Å². The number of nitrogens with one attached hydrogen (secondary N) is 2. The molecule has 5 nitrogen and oxygen atoms in total. The van der Waals surface area contributed by atoms with Crippen molar-refractivity contribution < 1.29 is 14.6 Å². The highest BCUT2D eigenvalue weighted by molar-refractivity contribution is 5.73. The highest BCUT2D eigenvalue weighted by Crippen LogP contribution is 2.33. The molecule has 0 aromatic heterocycles. The molecule has 1 heterocycles. The Labute approximate surface area is 144 Å². The lowest BCUT2D eigenvalue weighted by molar-refractivity contribution is 0.0908. The fourth-order valence-corrected chi connectivity index (χ4v) is 3.33. The molecule has 1 aromatic carbocycles. The molecule has 0 bridgehead atoms. The largest absolute Gasteiger partial charge is 0.393 e. The first-order chi connectivity index (χ1) is 11.4. The van der Waals surface area contributed by atoms with E-state index in [1.807, 2.05) is 32.0 Å². The molecule has 1 saturated heterocycles. The van der Waals surface area contributed by atoms with Gasteiger partial charge >= 0.3 is 6.03 Å². The third kappa shape index (κ3) is 5.80. The molecule has 24 heavy (non-hydrogen) atoms. The lowest BCUT2D eigenvalue weighted by atomic mass is 9.87. The van der Waals surface area contributed by atoms with E-state index in [4.69, 9.17) is 4.74 Å². The van der Waals surface area contributed by atoms with Gasteiger partial charge in [0.1, 0.15) is 0 Å². The van der Waals surface area contributed by atoms with Gasteiger partial charge in [-0.3, -0.25) is 0 Å². The molecule has 2 rings (SSSR count). The third-order valence-corrected chi connectivity index (χ3v) is 4.44. The van der Waals surface area contributed by atoms with Crippen molar-refractivity contribution in [2.75, 3.05) is 19.7 Å². The maximum atomic E-state index is 12.0. The summed E-state index contributed by atoms with van der Waals surface area (Å²) in [7, 11) is 0. The maximum absolute atomic E-state index is 12.0. The molecule has 5 heteroatoms. The number of carbonyl (C=O) groups is 1. The molecule has 3 atom stereocenters. The molecule has 134 valence electrons. The molecule has 1 aliphatic rings. The first kappa shape index (κ1) is 18.7. The number of aliphatic hydroxyl groups is 1. The van der Waals surface area contributed by atoms with E-state index in [2.05, 4.69) is 22.8 Å². The molecule has 1 aromatic rings. The van der Waals surface area contributed by atoms with Crippen LogP contribution in [0.15, 0.2) is 30.3 Å². The van der Waals surface area contributed by atoms with E-state index in [0.717, 1.165) is 13.0 Å². The van der Waals surface area contributed by atoms with Crippen LogP contribution in [0, 0.1) is 11.3 Å². The molecule has 1 aliphatic heterocycles. The van der Waals surface area contributed by atoms with Crippen LogP contribution in [0.2, 0.25) is 0 Å². The van der Waals surface area contributed by atoms with Crippen LogP contribution in [-0.4, -0.2) is 36.9 Å². The number of urea groups is 1. The highest BCUT2D eigenvalue weighted by Gasteiger charge is 2.30. The van der Waals surface area contributed by atoms with Crippen LogP contribution in [0.1, 0.15) is 45.3 Å². The second-order valence-corrected chi connectivity index (χ2v) is 7.53. The lowest BCUT2D eigenvalue weighted by Crippen LogP contribution is -2.43. The van der Waals surface area contributed by atoms with Gasteiger partial charge < -0.3 is 20.5 Å². The normalized spacial score (nSPS) is 22.2. The number of rotatable bonds is 7. The Bertz CT molecular complexity index is 517. The Morgan fingerprint density at radius 1 is 1.33 bits per heavy atom. The zero-order chi connectivity index (χ0) is 17.6. The van der Waals surface area contributed by atoms with Gasteiger partial charge in [0.2, 0.25) is 0 Å². The summed E-state index contributed by atoms with van der Waals surface area (Å²) in [5.74, 6) is 0.295. The lowest BCUT2D eigenvalue weighted by Gasteiger charge is -2.26. The minimum absolute atomic E-state index is 0.0539. The average Bonchev–Trinajstić information content (AvgIpc) is 2.99. The minimum Gasteiger partial charge on any atom is -0.393 e. The van der Waals surface area contributed by atoms with Crippen molar-refractivity contribution >= 4 is 6.03 Å². The van der Waals surface area contributed by atoms with E-state index in [1.165, 1.54) is 5.56 Å². The maximum Gasteiger partial charge on any atom is 0.314 e. The zero-order valence-corrected chi connectivity index (χ0v) is 14.9. The van der Waals surface area contributed by atoms with Gasteiger partial charge in [0, 0.05) is 25.6 Å². The fourth-order valence-electron chi connectivity index (χ4n) is 3.33. The smallest absolute Gasteiger partial charge is 0.314 e. The van der Waals surface area contributed by atoms with Crippen molar-refractivity contribution in [3.63, 3.8) is 0 Å². The summed E-state index contributed by atoms with van der Waals surface area (Å²) >= 11 is 0. The predicted molar refractivity (Wildman–Crippen MR) is 94.7 cm³/mol. The van der Waals surface area contributed by atoms with Crippen molar-refractivity contribution in [3.05, 3.63) is 35.9 Å². The van der Waals surface area contributed by atoms with Crippen LogP contribution >= 0.6 is 0 Å². The van der Waals surface area contributed by atoms with E-state index in [9.17, 15) is 9.90 Å². The van der Waals surface area contributed by atoms with Gasteiger partial charge in [0.15, 0.2) is 0 Å². The first-order valence-corrected chi connectivity index (χ1v) is 8.74. The summed E-state index contributed by atoms with van der Waals surface area (Å²) in [5.41, 5.74) is 1.04. The van der Waals surface area contributed by atoms with Gasteiger partial charge in [-0.25, -0.2) is 4.79 Å². The second kappa shape index (κ2) is 8.49. The molecule has 0 radical (unpaired) electrons. The molecule has 2 amide bonds. The van der Waals surface area contributed by atoms with Crippen LogP contribution in [0.5, 0.6) is 0 Å². The average molecular weight is 334 g/mol. The molecule has 0 aliphatic carbocycles. The van der Waals surface area contributed by atoms with Crippen molar-refractivity contribution in [3.8, 4) is 0 Å². The molecular weight excluding hydrogens is 304 g/mol. The molecule has 0 spiro atoms. The Balaban J connectivity index is 1.77.